The smallest absolute Gasteiger partial charge is 0.213 e. The molecular formula is C19H22ClN3O2S2. The summed E-state index contributed by atoms with van der Waals surface area (Å²) in [6.45, 7) is 0.706. The highest BCUT2D eigenvalue weighted by Gasteiger charge is 2.15. The Kier molecular flexibility index (Phi) is 6.47. The van der Waals surface area contributed by atoms with E-state index < -0.39 is 10.0 Å². The number of fused-ring (bicyclic) bond motifs is 1. The standard InChI is InChI=1S/C19H22ClN3O2S2/c1-22(2)27(24,25)12-6-11-26-19-21-17-13-16(20)9-10-18(17)23(19)14-15-7-4-3-5-8-15/h3-5,7-10,13H,6,11-12,14H2,1-2H3. The Bertz CT molecular complexity index is 1020. The second kappa shape index (κ2) is 8.65. The maximum atomic E-state index is 11.9. The zero-order chi connectivity index (χ0) is 19.4. The molecule has 1 heterocycles. The van der Waals surface area contributed by atoms with Gasteiger partial charge in [-0.15, -0.1) is 0 Å². The molecule has 0 radical (unpaired) electrons. The van der Waals surface area contributed by atoms with Gasteiger partial charge in [0.2, 0.25) is 10.0 Å². The Morgan fingerprint density at radius 1 is 1.15 bits per heavy atom. The summed E-state index contributed by atoms with van der Waals surface area (Å²) in [6, 6.07) is 15.9. The maximum Gasteiger partial charge on any atom is 0.213 e. The number of nitrogens with zero attached hydrogens (tertiary/aromatic N) is 3. The van der Waals surface area contributed by atoms with Gasteiger partial charge >= 0.3 is 0 Å². The lowest BCUT2D eigenvalue weighted by molar-refractivity contribution is 0.520. The molecule has 0 aliphatic rings. The van der Waals surface area contributed by atoms with E-state index in [4.69, 9.17) is 16.6 Å². The first-order chi connectivity index (χ1) is 12.9. The molecule has 0 saturated carbocycles. The molecule has 0 atom stereocenters. The maximum absolute atomic E-state index is 11.9. The average Bonchev–Trinajstić information content (AvgIpc) is 2.96. The molecule has 3 aromatic rings. The number of sulfonamides is 1. The minimum atomic E-state index is -3.17. The van der Waals surface area contributed by atoms with Gasteiger partial charge in [0.15, 0.2) is 5.16 Å². The van der Waals surface area contributed by atoms with Crippen molar-refractivity contribution in [3.63, 3.8) is 0 Å². The van der Waals surface area contributed by atoms with Crippen molar-refractivity contribution in [3.05, 3.63) is 59.1 Å². The molecule has 27 heavy (non-hydrogen) atoms. The highest BCUT2D eigenvalue weighted by molar-refractivity contribution is 7.99. The van der Waals surface area contributed by atoms with E-state index >= 15 is 0 Å². The Balaban J connectivity index is 1.80. The van der Waals surface area contributed by atoms with Crippen molar-refractivity contribution in [1.29, 1.82) is 0 Å². The zero-order valence-electron chi connectivity index (χ0n) is 15.3. The van der Waals surface area contributed by atoms with E-state index in [0.29, 0.717) is 23.7 Å². The summed E-state index contributed by atoms with van der Waals surface area (Å²) in [4.78, 5) is 4.72. The largest absolute Gasteiger partial charge is 0.314 e. The van der Waals surface area contributed by atoms with Crippen molar-refractivity contribution in [2.45, 2.75) is 18.1 Å². The van der Waals surface area contributed by atoms with E-state index in [0.717, 1.165) is 16.2 Å². The highest BCUT2D eigenvalue weighted by atomic mass is 35.5. The van der Waals surface area contributed by atoms with E-state index in [9.17, 15) is 8.42 Å². The summed E-state index contributed by atoms with van der Waals surface area (Å²) in [5, 5.41) is 1.53. The average molecular weight is 424 g/mol. The van der Waals surface area contributed by atoms with Crippen molar-refractivity contribution in [3.8, 4) is 0 Å². The minimum Gasteiger partial charge on any atom is -0.314 e. The molecule has 0 fully saturated rings. The molecule has 1 aromatic heterocycles. The lowest BCUT2D eigenvalue weighted by Crippen LogP contribution is -2.25. The van der Waals surface area contributed by atoms with Crippen molar-refractivity contribution in [1.82, 2.24) is 13.9 Å². The van der Waals surface area contributed by atoms with Crippen LogP contribution in [0.3, 0.4) is 0 Å². The molecule has 0 unspecified atom stereocenters. The van der Waals surface area contributed by atoms with Crippen LogP contribution in [0.15, 0.2) is 53.7 Å². The van der Waals surface area contributed by atoms with Crippen LogP contribution in [0.4, 0.5) is 0 Å². The molecule has 0 spiro atoms. The van der Waals surface area contributed by atoms with E-state index in [1.807, 2.05) is 36.4 Å². The lowest BCUT2D eigenvalue weighted by atomic mass is 10.2. The Morgan fingerprint density at radius 2 is 1.89 bits per heavy atom. The van der Waals surface area contributed by atoms with Crippen LogP contribution in [0.2, 0.25) is 5.02 Å². The molecule has 144 valence electrons. The van der Waals surface area contributed by atoms with Crippen LogP contribution >= 0.6 is 23.4 Å². The lowest BCUT2D eigenvalue weighted by Gasteiger charge is -2.11. The fourth-order valence-electron chi connectivity index (χ4n) is 2.70. The Labute approximate surface area is 169 Å². The quantitative estimate of drug-likeness (QED) is 0.404. The molecule has 3 rings (SSSR count). The normalized spacial score (nSPS) is 12.1. The number of thioether (sulfide) groups is 1. The van der Waals surface area contributed by atoms with E-state index in [-0.39, 0.29) is 5.75 Å². The van der Waals surface area contributed by atoms with Gasteiger partial charge in [0.1, 0.15) is 0 Å². The van der Waals surface area contributed by atoms with Crippen LogP contribution in [0, 0.1) is 0 Å². The number of hydrogen-bond acceptors (Lipinski definition) is 4. The first kappa shape index (κ1) is 20.2. The van der Waals surface area contributed by atoms with Gasteiger partial charge in [0.25, 0.3) is 0 Å². The summed E-state index contributed by atoms with van der Waals surface area (Å²) < 4.78 is 27.2. The van der Waals surface area contributed by atoms with Gasteiger partial charge in [0, 0.05) is 24.9 Å². The monoisotopic (exact) mass is 423 g/mol. The summed E-state index contributed by atoms with van der Waals surface area (Å²) in [7, 11) is -0.0442. The van der Waals surface area contributed by atoms with Crippen LogP contribution < -0.4 is 0 Å². The van der Waals surface area contributed by atoms with E-state index in [2.05, 4.69) is 16.7 Å². The Morgan fingerprint density at radius 3 is 2.59 bits per heavy atom. The van der Waals surface area contributed by atoms with Gasteiger partial charge in [-0.2, -0.15) is 0 Å². The third-order valence-electron chi connectivity index (χ3n) is 4.19. The summed E-state index contributed by atoms with van der Waals surface area (Å²) in [5.74, 6) is 0.816. The van der Waals surface area contributed by atoms with E-state index in [1.54, 1.807) is 25.9 Å². The summed E-state index contributed by atoms with van der Waals surface area (Å²) in [5.41, 5.74) is 3.05. The van der Waals surface area contributed by atoms with Crippen LogP contribution in [0.1, 0.15) is 12.0 Å². The fraction of sp³-hybridized carbons (Fsp3) is 0.316. The predicted molar refractivity (Wildman–Crippen MR) is 113 cm³/mol. The number of halogens is 1. The summed E-state index contributed by atoms with van der Waals surface area (Å²) >= 11 is 7.70. The number of hydrogen-bond donors (Lipinski definition) is 0. The van der Waals surface area contributed by atoms with Gasteiger partial charge in [-0.25, -0.2) is 17.7 Å². The summed E-state index contributed by atoms with van der Waals surface area (Å²) in [6.07, 6.45) is 0.570. The molecule has 0 aliphatic heterocycles. The Hall–Kier alpha value is -1.54. The van der Waals surface area contributed by atoms with Crippen molar-refractivity contribution < 1.29 is 8.42 Å². The molecule has 0 bridgehead atoms. The molecule has 0 saturated heterocycles. The van der Waals surface area contributed by atoms with Gasteiger partial charge in [-0.3, -0.25) is 0 Å². The number of aromatic nitrogens is 2. The van der Waals surface area contributed by atoms with E-state index in [1.165, 1.54) is 9.87 Å². The number of imidazole rings is 1. The highest BCUT2D eigenvalue weighted by Crippen LogP contribution is 2.27. The van der Waals surface area contributed by atoms with Crippen molar-refractivity contribution >= 4 is 44.4 Å². The van der Waals surface area contributed by atoms with Gasteiger partial charge in [0.05, 0.1) is 23.3 Å². The molecule has 0 amide bonds. The van der Waals surface area contributed by atoms with Crippen LogP contribution in [0.5, 0.6) is 0 Å². The minimum absolute atomic E-state index is 0.137. The topological polar surface area (TPSA) is 55.2 Å². The molecule has 5 nitrogen and oxygen atoms in total. The van der Waals surface area contributed by atoms with Gasteiger partial charge in [-0.05, 0) is 30.2 Å². The number of rotatable bonds is 8. The predicted octanol–water partition coefficient (Wildman–Crippen LogP) is 4.11. The SMILES string of the molecule is CN(C)S(=O)(=O)CCCSc1nc2cc(Cl)ccc2n1Cc1ccccc1. The van der Waals surface area contributed by atoms with Crippen LogP contribution in [-0.4, -0.2) is 47.9 Å². The second-order valence-electron chi connectivity index (χ2n) is 6.40. The first-order valence-electron chi connectivity index (χ1n) is 8.59. The fourth-order valence-corrected chi connectivity index (χ4v) is 4.87. The molecule has 2 aromatic carbocycles. The second-order valence-corrected chi connectivity index (χ2v) is 10.2. The zero-order valence-corrected chi connectivity index (χ0v) is 17.7. The molecule has 0 N–H and O–H groups in total. The third-order valence-corrected chi connectivity index (χ3v) is 7.41. The van der Waals surface area contributed by atoms with Crippen molar-refractivity contribution in [2.24, 2.45) is 0 Å². The van der Waals surface area contributed by atoms with Gasteiger partial charge in [-0.1, -0.05) is 53.7 Å². The molecule has 0 aliphatic carbocycles. The molecular weight excluding hydrogens is 402 g/mol. The molecule has 8 heteroatoms. The van der Waals surface area contributed by atoms with Crippen LogP contribution in [0.25, 0.3) is 11.0 Å². The third kappa shape index (κ3) is 5.04. The number of benzene rings is 2. The van der Waals surface area contributed by atoms with Gasteiger partial charge < -0.3 is 4.57 Å². The van der Waals surface area contributed by atoms with Crippen LogP contribution in [-0.2, 0) is 16.6 Å². The first-order valence-corrected chi connectivity index (χ1v) is 11.6. The van der Waals surface area contributed by atoms with Crippen molar-refractivity contribution in [2.75, 3.05) is 25.6 Å².